The molecule has 0 atom stereocenters. The van der Waals surface area contributed by atoms with Crippen LogP contribution in [0.4, 0.5) is 11.4 Å². The van der Waals surface area contributed by atoms with Crippen LogP contribution >= 0.6 is 11.3 Å². The van der Waals surface area contributed by atoms with Crippen LogP contribution in [-0.4, -0.2) is 0 Å². The van der Waals surface area contributed by atoms with Crippen molar-refractivity contribution in [1.82, 2.24) is 0 Å². The van der Waals surface area contributed by atoms with Crippen LogP contribution in [0.5, 0.6) is 0 Å². The molecular formula is C17H17NO2S. The number of rotatable bonds is 4. The molecule has 21 heavy (non-hydrogen) atoms. The van der Waals surface area contributed by atoms with Crippen molar-refractivity contribution in [3.8, 4) is 0 Å². The summed E-state index contributed by atoms with van der Waals surface area (Å²) in [4.78, 5) is 11.0. The molecule has 3 nitrogen and oxygen atoms in total. The van der Waals surface area contributed by atoms with Gasteiger partial charge in [-0.15, -0.1) is 0 Å². The van der Waals surface area contributed by atoms with E-state index in [4.69, 9.17) is 4.42 Å². The van der Waals surface area contributed by atoms with Crippen LogP contribution in [0.15, 0.2) is 45.6 Å². The minimum Gasteiger partial charge on any atom is -0.414 e. The molecule has 4 heteroatoms. The molecule has 0 saturated carbocycles. The van der Waals surface area contributed by atoms with E-state index < -0.39 is 0 Å². The molecule has 0 spiro atoms. The first-order valence-electron chi connectivity index (χ1n) is 7.12. The van der Waals surface area contributed by atoms with Crippen LogP contribution in [0.25, 0.3) is 10.3 Å². The summed E-state index contributed by atoms with van der Waals surface area (Å²) in [5.74, 6) is 0. The molecule has 1 aromatic heterocycles. The fourth-order valence-electron chi connectivity index (χ4n) is 2.50. The number of fused-ring (bicyclic) bond motifs is 1. The number of hydrogen-bond donors (Lipinski definition) is 1. The van der Waals surface area contributed by atoms with Gasteiger partial charge < -0.3 is 9.73 Å². The molecule has 1 N–H and O–H groups in total. The third kappa shape index (κ3) is 2.72. The Bertz CT molecular complexity index is 810. The summed E-state index contributed by atoms with van der Waals surface area (Å²) in [5.41, 5.74) is 5.34. The number of benzene rings is 2. The Labute approximate surface area is 127 Å². The highest BCUT2D eigenvalue weighted by Gasteiger charge is 2.08. The second-order valence-electron chi connectivity index (χ2n) is 4.90. The van der Waals surface area contributed by atoms with Gasteiger partial charge >= 0.3 is 4.94 Å². The number of hydrogen-bond acceptors (Lipinski definition) is 4. The molecule has 0 saturated heterocycles. The summed E-state index contributed by atoms with van der Waals surface area (Å²) >= 11 is 1.13. The minimum atomic E-state index is -0.259. The molecule has 0 bridgehead atoms. The lowest BCUT2D eigenvalue weighted by Gasteiger charge is -2.15. The van der Waals surface area contributed by atoms with Crippen molar-refractivity contribution in [2.75, 3.05) is 5.32 Å². The van der Waals surface area contributed by atoms with Crippen LogP contribution in [0.2, 0.25) is 0 Å². The molecule has 0 aliphatic heterocycles. The van der Waals surface area contributed by atoms with Gasteiger partial charge in [0.15, 0.2) is 5.58 Å². The molecule has 0 amide bonds. The maximum Gasteiger partial charge on any atom is 0.396 e. The number of nitrogens with one attached hydrogen (secondary N) is 1. The molecule has 2 aromatic carbocycles. The van der Waals surface area contributed by atoms with E-state index >= 15 is 0 Å². The number of anilines is 2. The Kier molecular flexibility index (Phi) is 3.80. The van der Waals surface area contributed by atoms with Gasteiger partial charge in [-0.1, -0.05) is 43.4 Å². The van der Waals surface area contributed by atoms with Gasteiger partial charge in [-0.3, -0.25) is 0 Å². The summed E-state index contributed by atoms with van der Waals surface area (Å²) < 4.78 is 6.06. The van der Waals surface area contributed by atoms with Crippen molar-refractivity contribution in [3.05, 3.63) is 57.3 Å². The molecule has 0 unspecified atom stereocenters. The molecule has 0 aliphatic rings. The van der Waals surface area contributed by atoms with Crippen LogP contribution in [0, 0.1) is 0 Å². The van der Waals surface area contributed by atoms with Gasteiger partial charge in [0.25, 0.3) is 0 Å². The molecule has 3 aromatic rings. The molecule has 0 radical (unpaired) electrons. The largest absolute Gasteiger partial charge is 0.414 e. The molecule has 108 valence electrons. The second kappa shape index (κ2) is 5.74. The van der Waals surface area contributed by atoms with E-state index in [2.05, 4.69) is 37.4 Å². The molecular weight excluding hydrogens is 282 g/mol. The van der Waals surface area contributed by atoms with E-state index in [1.54, 1.807) is 0 Å². The lowest BCUT2D eigenvalue weighted by Crippen LogP contribution is -1.99. The third-order valence-corrected chi connectivity index (χ3v) is 4.41. The summed E-state index contributed by atoms with van der Waals surface area (Å²) in [7, 11) is 0. The lowest BCUT2D eigenvalue weighted by molar-refractivity contribution is 0.585. The minimum absolute atomic E-state index is 0.259. The quantitative estimate of drug-likeness (QED) is 0.757. The van der Waals surface area contributed by atoms with E-state index in [1.807, 2.05) is 18.2 Å². The van der Waals surface area contributed by atoms with Crippen LogP contribution < -0.4 is 10.3 Å². The standard InChI is InChI=1S/C17H17NO2S/c1-3-11-6-5-7-12(4-2)16(11)18-13-8-9-15-14(10-13)20-17(19)21-15/h5-10,18H,3-4H2,1-2H3. The SMILES string of the molecule is CCc1cccc(CC)c1Nc1ccc2sc(=O)oc2c1. The van der Waals surface area contributed by atoms with Crippen LogP contribution in [0.1, 0.15) is 25.0 Å². The highest BCUT2D eigenvalue weighted by Crippen LogP contribution is 2.28. The van der Waals surface area contributed by atoms with Crippen molar-refractivity contribution in [1.29, 1.82) is 0 Å². The zero-order valence-corrected chi connectivity index (χ0v) is 12.9. The van der Waals surface area contributed by atoms with Crippen molar-refractivity contribution >= 4 is 33.0 Å². The first-order chi connectivity index (χ1) is 10.2. The van der Waals surface area contributed by atoms with Gasteiger partial charge in [0, 0.05) is 17.4 Å². The fraction of sp³-hybridized carbons (Fsp3) is 0.235. The highest BCUT2D eigenvalue weighted by atomic mass is 32.1. The Hall–Kier alpha value is -2.07. The van der Waals surface area contributed by atoms with Crippen molar-refractivity contribution in [2.45, 2.75) is 26.7 Å². The first-order valence-corrected chi connectivity index (χ1v) is 7.94. The van der Waals surface area contributed by atoms with Gasteiger partial charge in [-0.25, -0.2) is 4.79 Å². The maximum absolute atomic E-state index is 11.3. The monoisotopic (exact) mass is 299 g/mol. The predicted molar refractivity (Wildman–Crippen MR) is 88.8 cm³/mol. The molecule has 3 rings (SSSR count). The highest BCUT2D eigenvalue weighted by molar-refractivity contribution is 7.16. The fourth-order valence-corrected chi connectivity index (χ4v) is 3.15. The zero-order chi connectivity index (χ0) is 14.8. The summed E-state index contributed by atoms with van der Waals surface area (Å²) in [5, 5.41) is 3.49. The van der Waals surface area contributed by atoms with Crippen molar-refractivity contribution in [3.63, 3.8) is 0 Å². The number of para-hydroxylation sites is 1. The van der Waals surface area contributed by atoms with Crippen molar-refractivity contribution < 1.29 is 4.42 Å². The lowest BCUT2D eigenvalue weighted by atomic mass is 10.0. The Morgan fingerprint density at radius 1 is 1.10 bits per heavy atom. The van der Waals surface area contributed by atoms with Gasteiger partial charge in [-0.2, -0.15) is 0 Å². The van der Waals surface area contributed by atoms with Gasteiger partial charge in [-0.05, 0) is 36.1 Å². The van der Waals surface area contributed by atoms with E-state index in [-0.39, 0.29) is 4.94 Å². The van der Waals surface area contributed by atoms with Crippen molar-refractivity contribution in [2.24, 2.45) is 0 Å². The van der Waals surface area contributed by atoms with E-state index in [1.165, 1.54) is 16.8 Å². The smallest absolute Gasteiger partial charge is 0.396 e. The van der Waals surface area contributed by atoms with Gasteiger partial charge in [0.1, 0.15) is 0 Å². The van der Waals surface area contributed by atoms with E-state index in [0.717, 1.165) is 34.6 Å². The molecule has 1 heterocycles. The summed E-state index contributed by atoms with van der Waals surface area (Å²) in [6.45, 7) is 4.31. The average Bonchev–Trinajstić information content (AvgIpc) is 2.86. The zero-order valence-electron chi connectivity index (χ0n) is 12.1. The Morgan fingerprint density at radius 3 is 2.48 bits per heavy atom. The normalized spacial score (nSPS) is 11.0. The average molecular weight is 299 g/mol. The summed E-state index contributed by atoms with van der Waals surface area (Å²) in [6, 6.07) is 12.2. The number of aryl methyl sites for hydroxylation is 2. The summed E-state index contributed by atoms with van der Waals surface area (Å²) in [6.07, 6.45) is 1.96. The van der Waals surface area contributed by atoms with Crippen LogP contribution in [0.3, 0.4) is 0 Å². The molecule has 0 fully saturated rings. The molecule has 0 aliphatic carbocycles. The maximum atomic E-state index is 11.3. The third-order valence-electron chi connectivity index (χ3n) is 3.60. The Balaban J connectivity index is 2.03. The Morgan fingerprint density at radius 2 is 1.81 bits per heavy atom. The van der Waals surface area contributed by atoms with Crippen LogP contribution in [-0.2, 0) is 12.8 Å². The second-order valence-corrected chi connectivity index (χ2v) is 5.88. The van der Waals surface area contributed by atoms with Gasteiger partial charge in [0.2, 0.25) is 0 Å². The van der Waals surface area contributed by atoms with Gasteiger partial charge in [0.05, 0.1) is 4.70 Å². The topological polar surface area (TPSA) is 42.2 Å². The van der Waals surface area contributed by atoms with E-state index in [9.17, 15) is 4.79 Å². The predicted octanol–water partition coefficient (Wildman–Crippen LogP) is 4.72. The van der Waals surface area contributed by atoms with E-state index in [0.29, 0.717) is 5.58 Å². The first kappa shape index (κ1) is 13.9.